The number of rotatable bonds is 5. The summed E-state index contributed by atoms with van der Waals surface area (Å²) in [5, 5.41) is 12.1. The van der Waals surface area contributed by atoms with Gasteiger partial charge in [-0.25, -0.2) is 0 Å². The average molecular weight is 228 g/mol. The highest BCUT2D eigenvalue weighted by Crippen LogP contribution is 2.25. The molecule has 1 rings (SSSR count). The van der Waals surface area contributed by atoms with Crippen molar-refractivity contribution in [1.29, 1.82) is 0 Å². The van der Waals surface area contributed by atoms with Crippen LogP contribution in [0, 0.1) is 11.8 Å². The van der Waals surface area contributed by atoms with Crippen molar-refractivity contribution >= 4 is 5.91 Å². The lowest BCUT2D eigenvalue weighted by Crippen LogP contribution is -2.42. The van der Waals surface area contributed by atoms with Crippen LogP contribution < -0.4 is 11.1 Å². The van der Waals surface area contributed by atoms with E-state index in [1.54, 1.807) is 0 Å². The van der Waals surface area contributed by atoms with Crippen molar-refractivity contribution in [2.75, 3.05) is 6.61 Å². The Kier molecular flexibility index (Phi) is 5.22. The molecule has 0 radical (unpaired) electrons. The summed E-state index contributed by atoms with van der Waals surface area (Å²) in [4.78, 5) is 11.7. The highest BCUT2D eigenvalue weighted by Gasteiger charge is 2.28. The number of nitrogens with two attached hydrogens (primary N) is 1. The van der Waals surface area contributed by atoms with Crippen LogP contribution >= 0.6 is 0 Å². The zero-order chi connectivity index (χ0) is 12.1. The molecular formula is C12H24N2O2. The molecule has 4 nitrogen and oxygen atoms in total. The van der Waals surface area contributed by atoms with Crippen molar-refractivity contribution in [1.82, 2.24) is 5.32 Å². The molecule has 0 saturated heterocycles. The van der Waals surface area contributed by atoms with E-state index in [4.69, 9.17) is 10.8 Å². The van der Waals surface area contributed by atoms with Gasteiger partial charge < -0.3 is 16.2 Å². The second-order valence-corrected chi connectivity index (χ2v) is 5.16. The van der Waals surface area contributed by atoms with Crippen LogP contribution in [0.15, 0.2) is 0 Å². The molecule has 1 saturated carbocycles. The van der Waals surface area contributed by atoms with E-state index in [0.717, 1.165) is 19.3 Å². The number of amides is 1. The van der Waals surface area contributed by atoms with Crippen molar-refractivity contribution in [2.24, 2.45) is 17.6 Å². The minimum absolute atomic E-state index is 0.0200. The first-order chi connectivity index (χ1) is 7.54. The topological polar surface area (TPSA) is 75.4 Å². The van der Waals surface area contributed by atoms with Gasteiger partial charge in [0.25, 0.3) is 0 Å². The highest BCUT2D eigenvalue weighted by atomic mass is 16.3. The van der Waals surface area contributed by atoms with Crippen LogP contribution in [0.3, 0.4) is 0 Å². The molecule has 3 atom stereocenters. The maximum absolute atomic E-state index is 11.7. The summed E-state index contributed by atoms with van der Waals surface area (Å²) in [6.07, 6.45) is 3.46. The molecule has 0 heterocycles. The second-order valence-electron chi connectivity index (χ2n) is 5.16. The van der Waals surface area contributed by atoms with Crippen LogP contribution in [0.5, 0.6) is 0 Å². The summed E-state index contributed by atoms with van der Waals surface area (Å²) in [6, 6.07) is 0.0749. The van der Waals surface area contributed by atoms with Crippen molar-refractivity contribution in [3.63, 3.8) is 0 Å². The molecule has 1 aliphatic rings. The Morgan fingerprint density at radius 2 is 2.19 bits per heavy atom. The van der Waals surface area contributed by atoms with E-state index in [0.29, 0.717) is 12.3 Å². The maximum atomic E-state index is 11.7. The van der Waals surface area contributed by atoms with Crippen molar-refractivity contribution in [2.45, 2.75) is 51.6 Å². The number of aliphatic hydroxyl groups is 1. The molecule has 0 aromatic carbocycles. The summed E-state index contributed by atoms with van der Waals surface area (Å²) in [6.45, 7) is 4.20. The lowest BCUT2D eigenvalue weighted by molar-refractivity contribution is -0.122. The molecule has 0 spiro atoms. The van der Waals surface area contributed by atoms with Crippen LogP contribution in [-0.2, 0) is 4.79 Å². The van der Waals surface area contributed by atoms with Crippen LogP contribution in [-0.4, -0.2) is 29.7 Å². The third-order valence-corrected chi connectivity index (χ3v) is 3.52. The van der Waals surface area contributed by atoms with E-state index in [9.17, 15) is 4.79 Å². The van der Waals surface area contributed by atoms with Crippen molar-refractivity contribution < 1.29 is 9.90 Å². The Hall–Kier alpha value is -0.610. The van der Waals surface area contributed by atoms with E-state index in [1.165, 1.54) is 0 Å². The van der Waals surface area contributed by atoms with Crippen molar-refractivity contribution in [3.8, 4) is 0 Å². The largest absolute Gasteiger partial charge is 0.396 e. The first-order valence-electron chi connectivity index (χ1n) is 6.20. The first-order valence-corrected chi connectivity index (χ1v) is 6.20. The Bertz CT molecular complexity index is 231. The van der Waals surface area contributed by atoms with Gasteiger partial charge in [-0.2, -0.15) is 0 Å². The molecule has 3 unspecified atom stereocenters. The predicted molar refractivity (Wildman–Crippen MR) is 63.8 cm³/mol. The Labute approximate surface area is 97.6 Å². The van der Waals surface area contributed by atoms with Gasteiger partial charge in [-0.05, 0) is 18.8 Å². The molecule has 4 N–H and O–H groups in total. The summed E-state index contributed by atoms with van der Waals surface area (Å²) >= 11 is 0. The van der Waals surface area contributed by atoms with Crippen LogP contribution in [0.1, 0.15) is 39.5 Å². The van der Waals surface area contributed by atoms with Gasteiger partial charge in [0.05, 0.1) is 0 Å². The molecule has 0 aromatic heterocycles. The van der Waals surface area contributed by atoms with Crippen LogP contribution in [0.2, 0.25) is 0 Å². The van der Waals surface area contributed by atoms with E-state index in [1.807, 2.05) is 13.8 Å². The van der Waals surface area contributed by atoms with Crippen molar-refractivity contribution in [3.05, 3.63) is 0 Å². The molecule has 1 aliphatic carbocycles. The number of aliphatic hydroxyl groups excluding tert-OH is 1. The molecule has 1 fully saturated rings. The average Bonchev–Trinajstić information content (AvgIpc) is 2.64. The number of nitrogens with one attached hydrogen (secondary N) is 1. The second kappa shape index (κ2) is 6.21. The lowest BCUT2D eigenvalue weighted by atomic mass is 10.0. The molecule has 16 heavy (non-hydrogen) atoms. The van der Waals surface area contributed by atoms with Crippen LogP contribution in [0.4, 0.5) is 0 Å². The lowest BCUT2D eigenvalue weighted by Gasteiger charge is -2.21. The number of hydrogen-bond donors (Lipinski definition) is 3. The summed E-state index contributed by atoms with van der Waals surface area (Å²) < 4.78 is 0. The van der Waals surface area contributed by atoms with Crippen LogP contribution in [0.25, 0.3) is 0 Å². The van der Waals surface area contributed by atoms with E-state index in [-0.39, 0.29) is 30.5 Å². The standard InChI is InChI=1S/C12H24N2O2/c1-8(2)10(13)6-12(16)14-11-5-3-4-9(11)7-15/h8-11,15H,3-7,13H2,1-2H3,(H,14,16). The molecule has 0 aliphatic heterocycles. The molecule has 4 heteroatoms. The number of carbonyl (C=O) groups is 1. The Morgan fingerprint density at radius 1 is 1.50 bits per heavy atom. The van der Waals surface area contributed by atoms with Gasteiger partial charge in [-0.3, -0.25) is 4.79 Å². The smallest absolute Gasteiger partial charge is 0.221 e. The molecular weight excluding hydrogens is 204 g/mol. The SMILES string of the molecule is CC(C)C(N)CC(=O)NC1CCCC1CO. The van der Waals surface area contributed by atoms with Gasteiger partial charge in [0.2, 0.25) is 5.91 Å². The molecule has 1 amide bonds. The number of hydrogen-bond acceptors (Lipinski definition) is 3. The van der Waals surface area contributed by atoms with Gasteiger partial charge in [0, 0.05) is 31.0 Å². The van der Waals surface area contributed by atoms with Gasteiger partial charge in [-0.15, -0.1) is 0 Å². The summed E-state index contributed by atoms with van der Waals surface area (Å²) in [7, 11) is 0. The Morgan fingerprint density at radius 3 is 2.75 bits per heavy atom. The molecule has 0 bridgehead atoms. The molecule has 94 valence electrons. The first kappa shape index (κ1) is 13.5. The summed E-state index contributed by atoms with van der Waals surface area (Å²) in [5.74, 6) is 0.578. The normalized spacial score (nSPS) is 27.1. The fourth-order valence-corrected chi connectivity index (χ4v) is 2.16. The zero-order valence-corrected chi connectivity index (χ0v) is 10.3. The highest BCUT2D eigenvalue weighted by molar-refractivity contribution is 5.77. The monoisotopic (exact) mass is 228 g/mol. The number of carbonyl (C=O) groups excluding carboxylic acids is 1. The van der Waals surface area contributed by atoms with E-state index < -0.39 is 0 Å². The minimum Gasteiger partial charge on any atom is -0.396 e. The van der Waals surface area contributed by atoms with Gasteiger partial charge in [-0.1, -0.05) is 20.3 Å². The van der Waals surface area contributed by atoms with Gasteiger partial charge >= 0.3 is 0 Å². The third kappa shape index (κ3) is 3.76. The maximum Gasteiger partial charge on any atom is 0.221 e. The van der Waals surface area contributed by atoms with Gasteiger partial charge in [0.1, 0.15) is 0 Å². The fourth-order valence-electron chi connectivity index (χ4n) is 2.16. The predicted octanol–water partition coefficient (Wildman–Crippen LogP) is 0.637. The van der Waals surface area contributed by atoms with E-state index >= 15 is 0 Å². The quantitative estimate of drug-likeness (QED) is 0.646. The Balaban J connectivity index is 2.33. The third-order valence-electron chi connectivity index (χ3n) is 3.52. The van der Waals surface area contributed by atoms with E-state index in [2.05, 4.69) is 5.32 Å². The zero-order valence-electron chi connectivity index (χ0n) is 10.3. The minimum atomic E-state index is -0.0750. The molecule has 0 aromatic rings. The van der Waals surface area contributed by atoms with Gasteiger partial charge in [0.15, 0.2) is 0 Å². The summed E-state index contributed by atoms with van der Waals surface area (Å²) in [5.41, 5.74) is 5.85. The fraction of sp³-hybridized carbons (Fsp3) is 0.917.